The number of nitrogens with zero attached hydrogens (tertiary/aromatic N) is 32. The number of likely N-dealkylation sites (tertiary alicyclic amines) is 2. The normalized spacial score (nSPS) is 19.6. The van der Waals surface area contributed by atoms with Crippen LogP contribution in [0, 0.1) is 23.2 Å². The van der Waals surface area contributed by atoms with Crippen molar-refractivity contribution in [2.45, 2.75) is 207 Å². The second kappa shape index (κ2) is 42.0. The molecule has 2 amide bonds. The number of aromatic nitrogens is 25. The Morgan fingerprint density at radius 3 is 1.10 bits per heavy atom. The SMILES string of the molecule is CC(C)(C)OC(=O)N1CCC2(CC1)CCN(c1ccnc(-c3cnc4cnc(C(F)F)cn34)n1)C2.CC(C)(C)OC(=O)N1CCC2CCN(c3ccnc(-c4cnc5cnc(C(F)F)cn45)n3)CC21.CC1CCCN(c2ccnc(-c3cnc4cnc(C(F)F)cn34)n2)C1C.FC(F)c1cn2c(-c3nccc(N4CCCC5CC54)n3)cnc2cn1.FC(F)c1cn2c(-c3nccc(N4CCCCCC4)n3)cnc2cn1. The second-order valence-corrected chi connectivity index (χ2v) is 39.6. The molecule has 0 bridgehead atoms. The van der Waals surface area contributed by atoms with E-state index in [2.05, 4.69) is 123 Å². The summed E-state index contributed by atoms with van der Waals surface area (Å²) < 4.78 is 149. The number of ether oxygens (including phenoxy) is 2. The molecule has 15 aromatic heterocycles. The van der Waals surface area contributed by atoms with Crippen LogP contribution in [0.5, 0.6) is 0 Å². The Morgan fingerprint density at radius 1 is 0.345 bits per heavy atom. The Bertz CT molecular complexity index is 7100. The maximum absolute atomic E-state index is 13.2. The molecule has 1 spiro atoms. The van der Waals surface area contributed by atoms with E-state index in [0.29, 0.717) is 136 Å². The van der Waals surface area contributed by atoms with Crippen LogP contribution in [0.2, 0.25) is 0 Å². The number of hydrogen-bond donors (Lipinski definition) is 0. The molecule has 6 unspecified atom stereocenters. The molecule has 0 aromatic carbocycles. The topological polar surface area (TPSA) is 355 Å². The Balaban J connectivity index is 0.000000115. The average Bonchev–Trinajstić information content (AvgIpc) is 1.62. The Labute approximate surface area is 826 Å². The maximum Gasteiger partial charge on any atom is 0.410 e. The largest absolute Gasteiger partial charge is 0.444 e. The monoisotopic (exact) mass is 2000 g/mol. The van der Waals surface area contributed by atoms with Gasteiger partial charge in [-0.05, 0) is 179 Å². The van der Waals surface area contributed by atoms with Crippen LogP contribution in [-0.4, -0.2) is 245 Å². The zero-order valence-corrected chi connectivity index (χ0v) is 81.2. The third-order valence-electron chi connectivity index (χ3n) is 27.8. The van der Waals surface area contributed by atoms with Crippen LogP contribution >= 0.6 is 0 Å². The molecule has 760 valence electrons. The van der Waals surface area contributed by atoms with Crippen molar-refractivity contribution in [3.8, 4) is 57.6 Å². The second-order valence-electron chi connectivity index (χ2n) is 39.6. The lowest BCUT2D eigenvalue weighted by atomic mass is 9.78. The predicted molar refractivity (Wildman–Crippen MR) is 517 cm³/mol. The van der Waals surface area contributed by atoms with Gasteiger partial charge in [-0.15, -0.1) is 0 Å². The van der Waals surface area contributed by atoms with Gasteiger partial charge in [-0.1, -0.05) is 19.8 Å². The van der Waals surface area contributed by atoms with E-state index >= 15 is 0 Å². The van der Waals surface area contributed by atoms with Crippen LogP contribution < -0.4 is 24.5 Å². The minimum atomic E-state index is -2.69. The Hall–Kier alpha value is -14.7. The summed E-state index contributed by atoms with van der Waals surface area (Å²) in [5.41, 5.74) is 2.67. The van der Waals surface area contributed by atoms with E-state index in [9.17, 15) is 53.5 Å². The molecule has 7 saturated heterocycles. The number of alkyl halides is 10. The summed E-state index contributed by atoms with van der Waals surface area (Å²) in [4.78, 5) is 125. The van der Waals surface area contributed by atoms with E-state index in [1.165, 1.54) is 105 Å². The molecule has 22 heterocycles. The zero-order valence-electron chi connectivity index (χ0n) is 81.2. The van der Waals surface area contributed by atoms with Crippen molar-refractivity contribution in [1.82, 2.24) is 131 Å². The summed E-state index contributed by atoms with van der Waals surface area (Å²) in [6.07, 6.45) is 31.3. The van der Waals surface area contributed by atoms with Crippen molar-refractivity contribution in [3.05, 3.63) is 183 Å². The maximum atomic E-state index is 13.2. The lowest BCUT2D eigenvalue weighted by Crippen LogP contribution is -2.51. The summed E-state index contributed by atoms with van der Waals surface area (Å²) in [7, 11) is 0. The number of hydrogen-bond acceptors (Lipinski definition) is 29. The minimum Gasteiger partial charge on any atom is -0.444 e. The highest BCUT2D eigenvalue weighted by Gasteiger charge is 2.47. The lowest BCUT2D eigenvalue weighted by molar-refractivity contribution is 0.0120. The van der Waals surface area contributed by atoms with Crippen molar-refractivity contribution in [3.63, 3.8) is 0 Å². The Kier molecular flexibility index (Phi) is 28.7. The number of amides is 2. The number of piperidine rings is 4. The van der Waals surface area contributed by atoms with Crippen LogP contribution in [0.1, 0.15) is 206 Å². The standard InChI is InChI=1S/C24H29F2N7O2.C23H27F2N7O2.C18H20F2N6.C17H16F2N6.C17H18F2N6/c1-23(2,3)35-22(34)31-9-5-24(6-10-31)7-11-32(15-24)18-4-8-27-21(30-18)17-12-29-19-13-28-16(20(25)26)14-33(17)19;1-23(2,3)34-22(33)31-9-6-14-5-8-30(13-17(14)31)18-4-7-26-21(29-18)16-10-28-19-11-27-15(20(24)25)12-32(16)19;1-11-4-3-7-25(12(11)2)15-5-6-21-18(24-15)14-8-23-16-9-22-13(17(19)20)10-26(14)16;18-16(19)11-9-25-13(7-22-15(25)8-21-11)17-20-4-3-14(23-17)24-5-1-2-10-6-12(10)24;18-16(19)12-11-25-13(9-22-15(25)10-21-12)17-20-6-5-14(23-17)24-7-3-1-2-4-8-24/h4,8,12-14,20H,5-7,9-11,15H2,1-3H3;4,7,10-12,14,17,20H,5-6,8-9,13H2,1-3H3;5-6,8-12,17H,3-4,7H2,1-2H3;3-4,7-10,12,16H,1-2,5-6H2;5-6,9-11,16H,1-4,7-8H2. The van der Waals surface area contributed by atoms with Crippen LogP contribution in [0.15, 0.2) is 154 Å². The van der Waals surface area contributed by atoms with Crippen molar-refractivity contribution in [2.75, 3.05) is 96.5 Å². The number of rotatable bonds is 15. The molecule has 15 aromatic rings. The molecule has 1 saturated carbocycles. The fourth-order valence-corrected chi connectivity index (χ4v) is 19.9. The Morgan fingerprint density at radius 2 is 0.697 bits per heavy atom. The molecule has 7 aliphatic heterocycles. The van der Waals surface area contributed by atoms with Gasteiger partial charge in [-0.3, -0.25) is 22.0 Å². The minimum absolute atomic E-state index is 0.0532. The van der Waals surface area contributed by atoms with Gasteiger partial charge >= 0.3 is 12.2 Å². The van der Waals surface area contributed by atoms with E-state index in [0.717, 1.165) is 132 Å². The van der Waals surface area contributed by atoms with Gasteiger partial charge in [0, 0.05) is 146 Å². The smallest absolute Gasteiger partial charge is 0.410 e. The van der Waals surface area contributed by atoms with Gasteiger partial charge in [0.05, 0.1) is 68.0 Å². The number of carbonyl (C=O) groups excluding carboxylic acids is 2. The van der Waals surface area contributed by atoms with Gasteiger partial charge in [0.2, 0.25) is 0 Å². The van der Waals surface area contributed by atoms with Crippen molar-refractivity contribution < 1.29 is 63.0 Å². The third-order valence-corrected chi connectivity index (χ3v) is 27.8. The summed E-state index contributed by atoms with van der Waals surface area (Å²) in [6, 6.07) is 10.4. The molecule has 0 N–H and O–H groups in total. The fourth-order valence-electron chi connectivity index (χ4n) is 19.9. The molecular formula is C99H110F10N32O4. The molecule has 36 nitrogen and oxygen atoms in total. The number of imidazole rings is 5. The van der Waals surface area contributed by atoms with Crippen LogP contribution in [0.3, 0.4) is 0 Å². The van der Waals surface area contributed by atoms with Crippen LogP contribution in [0.4, 0.5) is 82.6 Å². The molecule has 0 radical (unpaired) electrons. The quantitative estimate of drug-likeness (QED) is 0.0860. The first kappa shape index (κ1) is 99.1. The first-order valence-electron chi connectivity index (χ1n) is 48.8. The summed E-state index contributed by atoms with van der Waals surface area (Å²) in [5, 5.41) is 0. The van der Waals surface area contributed by atoms with Crippen molar-refractivity contribution in [1.29, 1.82) is 0 Å². The average molecular weight is 2000 g/mol. The summed E-state index contributed by atoms with van der Waals surface area (Å²) in [5.74, 6) is 8.18. The van der Waals surface area contributed by atoms with Gasteiger partial charge in [-0.25, -0.2) is 153 Å². The van der Waals surface area contributed by atoms with Gasteiger partial charge < -0.3 is 43.8 Å². The first-order valence-corrected chi connectivity index (χ1v) is 48.8. The zero-order chi connectivity index (χ0) is 101. The third kappa shape index (κ3) is 22.2. The molecule has 145 heavy (non-hydrogen) atoms. The van der Waals surface area contributed by atoms with Crippen LogP contribution in [0.25, 0.3) is 85.8 Å². The van der Waals surface area contributed by atoms with E-state index in [4.69, 9.17) is 24.4 Å². The van der Waals surface area contributed by atoms with E-state index < -0.39 is 43.3 Å². The number of anilines is 5. The summed E-state index contributed by atoms with van der Waals surface area (Å²) in [6.45, 7) is 24.8. The highest BCUT2D eigenvalue weighted by molar-refractivity contribution is 5.70. The molecule has 46 heteroatoms. The van der Waals surface area contributed by atoms with Crippen LogP contribution in [-0.2, 0) is 9.47 Å². The van der Waals surface area contributed by atoms with E-state index in [1.54, 1.807) is 84.5 Å². The first-order chi connectivity index (χ1) is 69.8. The summed E-state index contributed by atoms with van der Waals surface area (Å²) >= 11 is 0. The van der Waals surface area contributed by atoms with Gasteiger partial charge in [0.15, 0.2) is 57.4 Å². The number of halogens is 10. The molecule has 1 aliphatic carbocycles. The highest BCUT2D eigenvalue weighted by Crippen LogP contribution is 2.46. The molecule has 8 aliphatic rings. The molecular weight excluding hydrogens is 1890 g/mol. The van der Waals surface area contributed by atoms with Gasteiger partial charge in [-0.2, -0.15) is 0 Å². The fraction of sp³-hybridized carbons (Fsp3) is 0.475. The van der Waals surface area contributed by atoms with Gasteiger partial charge in [0.25, 0.3) is 32.1 Å². The number of carbonyl (C=O) groups is 2. The van der Waals surface area contributed by atoms with Gasteiger partial charge in [0.1, 0.15) is 97.2 Å². The molecule has 23 rings (SSSR count). The van der Waals surface area contributed by atoms with Crippen molar-refractivity contribution in [2.24, 2.45) is 23.2 Å². The lowest BCUT2D eigenvalue weighted by Gasteiger charge is -2.39. The molecule has 8 fully saturated rings. The molecule has 6 atom stereocenters. The van der Waals surface area contributed by atoms with Crippen molar-refractivity contribution >= 4 is 69.5 Å². The predicted octanol–water partition coefficient (Wildman–Crippen LogP) is 18.7. The highest BCUT2D eigenvalue weighted by atomic mass is 19.3. The van der Waals surface area contributed by atoms with E-state index in [-0.39, 0.29) is 52.1 Å². The number of fused-ring (bicyclic) bond motifs is 7. The van der Waals surface area contributed by atoms with E-state index in [1.807, 2.05) is 76.8 Å².